The molecule has 8 aromatic carbocycles. The Morgan fingerprint density at radius 2 is 0.893 bits per heavy atom. The third kappa shape index (κ3) is 5.16. The number of rotatable bonds is 6. The molecule has 0 fully saturated rings. The van der Waals surface area contributed by atoms with Gasteiger partial charge in [0.05, 0.1) is 16.8 Å². The Labute approximate surface area is 330 Å². The maximum atomic E-state index is 5.25. The first-order valence-corrected chi connectivity index (χ1v) is 19.9. The van der Waals surface area contributed by atoms with Crippen LogP contribution >= 0.6 is 11.3 Å². The fraction of sp³-hybridized carbons (Fsp3) is 0.0189. The summed E-state index contributed by atoms with van der Waals surface area (Å²) in [4.78, 5) is 10.4. The van der Waals surface area contributed by atoms with Crippen LogP contribution in [0.5, 0.6) is 0 Å². The molecule has 0 saturated carbocycles. The Kier molecular flexibility index (Phi) is 7.61. The van der Waals surface area contributed by atoms with Gasteiger partial charge in [-0.2, -0.15) is 0 Å². The highest BCUT2D eigenvalue weighted by Crippen LogP contribution is 2.56. The topological polar surface area (TPSA) is 25.8 Å². The van der Waals surface area contributed by atoms with Gasteiger partial charge in [0.1, 0.15) is 0 Å². The van der Waals surface area contributed by atoms with Crippen molar-refractivity contribution >= 4 is 31.5 Å². The van der Waals surface area contributed by atoms with Crippen molar-refractivity contribution in [3.63, 3.8) is 0 Å². The fourth-order valence-electron chi connectivity index (χ4n) is 8.82. The Balaban J connectivity index is 1.05. The minimum atomic E-state index is -0.489. The standard InChI is InChI=1S/C53H34N2S/c1-3-14-37(15-4-1)52-54-48(36-28-26-35(27-29-36)38-30-31-51-45(33-38)44-22-9-12-25-50(44)56-51)34-49(55-52)39-16-13-19-41(32-39)53(40-17-5-2-6-18-40)46-23-10-7-20-42(46)43-21-8-11-24-47(43)53/h1-34H. The second kappa shape index (κ2) is 13.1. The Morgan fingerprint density at radius 1 is 0.339 bits per heavy atom. The quantitative estimate of drug-likeness (QED) is 0.170. The number of benzene rings is 8. The van der Waals surface area contributed by atoms with Crippen LogP contribution in [0.3, 0.4) is 0 Å². The van der Waals surface area contributed by atoms with Gasteiger partial charge in [-0.3, -0.25) is 0 Å². The molecule has 0 bridgehead atoms. The lowest BCUT2D eigenvalue weighted by atomic mass is 9.67. The molecule has 0 atom stereocenters. The van der Waals surface area contributed by atoms with Gasteiger partial charge in [0, 0.05) is 36.9 Å². The summed E-state index contributed by atoms with van der Waals surface area (Å²) in [6, 6.07) is 74.5. The SMILES string of the molecule is c1ccc(-c2nc(-c3ccc(-c4ccc5sc6ccccc6c5c4)cc3)cc(-c3cccc(C4(c5ccccc5)c5ccccc5-c5ccccc54)c3)n2)cc1. The first-order valence-electron chi connectivity index (χ1n) is 19.1. The zero-order chi connectivity index (χ0) is 37.1. The molecule has 2 aromatic heterocycles. The Morgan fingerprint density at radius 3 is 1.64 bits per heavy atom. The van der Waals surface area contributed by atoms with E-state index in [2.05, 4.69) is 188 Å². The average molecular weight is 731 g/mol. The molecule has 1 aliphatic rings. The van der Waals surface area contributed by atoms with E-state index in [1.54, 1.807) is 0 Å². The van der Waals surface area contributed by atoms with Crippen LogP contribution in [-0.4, -0.2) is 9.97 Å². The number of aromatic nitrogens is 2. The molecule has 10 aromatic rings. The van der Waals surface area contributed by atoms with Gasteiger partial charge in [-0.25, -0.2) is 9.97 Å². The molecular weight excluding hydrogens is 697 g/mol. The van der Waals surface area contributed by atoms with Crippen LogP contribution in [0.25, 0.3) is 76.3 Å². The third-order valence-corrected chi connectivity index (χ3v) is 12.6. The highest BCUT2D eigenvalue weighted by molar-refractivity contribution is 7.25. The monoisotopic (exact) mass is 730 g/mol. The molecular formula is C53H34N2S. The van der Waals surface area contributed by atoms with Gasteiger partial charge in [0.2, 0.25) is 0 Å². The molecule has 3 heteroatoms. The molecule has 0 saturated heterocycles. The van der Waals surface area contributed by atoms with Crippen molar-refractivity contribution in [1.82, 2.24) is 9.97 Å². The van der Waals surface area contributed by atoms with Crippen LogP contribution in [0.1, 0.15) is 22.3 Å². The van der Waals surface area contributed by atoms with Gasteiger partial charge in [-0.05, 0) is 74.8 Å². The molecule has 0 unspecified atom stereocenters. The van der Waals surface area contributed by atoms with Crippen LogP contribution < -0.4 is 0 Å². The van der Waals surface area contributed by atoms with E-state index in [-0.39, 0.29) is 0 Å². The van der Waals surface area contributed by atoms with Crippen molar-refractivity contribution in [2.45, 2.75) is 5.41 Å². The van der Waals surface area contributed by atoms with Crippen molar-refractivity contribution in [3.05, 3.63) is 229 Å². The van der Waals surface area contributed by atoms with E-state index < -0.39 is 5.41 Å². The van der Waals surface area contributed by atoms with E-state index >= 15 is 0 Å². The average Bonchev–Trinajstić information content (AvgIpc) is 3.81. The van der Waals surface area contributed by atoms with Crippen molar-refractivity contribution in [1.29, 1.82) is 0 Å². The molecule has 0 amide bonds. The lowest BCUT2D eigenvalue weighted by molar-refractivity contribution is 0.768. The summed E-state index contributed by atoms with van der Waals surface area (Å²) in [5.74, 6) is 0.705. The van der Waals surface area contributed by atoms with E-state index in [1.165, 1.54) is 64.7 Å². The van der Waals surface area contributed by atoms with Crippen molar-refractivity contribution < 1.29 is 0 Å². The number of thiophene rings is 1. The van der Waals surface area contributed by atoms with E-state index in [4.69, 9.17) is 9.97 Å². The first-order chi connectivity index (χ1) is 27.7. The van der Waals surface area contributed by atoms with E-state index in [1.807, 2.05) is 29.5 Å². The van der Waals surface area contributed by atoms with Gasteiger partial charge >= 0.3 is 0 Å². The summed E-state index contributed by atoms with van der Waals surface area (Å²) in [6.07, 6.45) is 0. The number of hydrogen-bond acceptors (Lipinski definition) is 3. The summed E-state index contributed by atoms with van der Waals surface area (Å²) < 4.78 is 2.64. The minimum absolute atomic E-state index is 0.489. The largest absolute Gasteiger partial charge is 0.228 e. The van der Waals surface area contributed by atoms with E-state index in [9.17, 15) is 0 Å². The molecule has 11 rings (SSSR count). The smallest absolute Gasteiger partial charge is 0.160 e. The Bertz CT molecular complexity index is 3030. The lowest BCUT2D eigenvalue weighted by Gasteiger charge is -2.34. The third-order valence-electron chi connectivity index (χ3n) is 11.4. The first kappa shape index (κ1) is 32.5. The summed E-state index contributed by atoms with van der Waals surface area (Å²) in [5, 5.41) is 2.62. The minimum Gasteiger partial charge on any atom is -0.228 e. The summed E-state index contributed by atoms with van der Waals surface area (Å²) in [5.41, 5.74) is 14.4. The normalized spacial score (nSPS) is 12.8. The van der Waals surface area contributed by atoms with Gasteiger partial charge in [-0.1, -0.05) is 176 Å². The fourth-order valence-corrected chi connectivity index (χ4v) is 9.91. The predicted octanol–water partition coefficient (Wildman–Crippen LogP) is 13.9. The van der Waals surface area contributed by atoms with Crippen molar-refractivity contribution in [3.8, 4) is 56.2 Å². The highest BCUT2D eigenvalue weighted by Gasteiger charge is 2.45. The van der Waals surface area contributed by atoms with Crippen LogP contribution in [0, 0.1) is 0 Å². The van der Waals surface area contributed by atoms with Crippen LogP contribution in [0.4, 0.5) is 0 Å². The molecule has 0 radical (unpaired) electrons. The molecule has 262 valence electrons. The van der Waals surface area contributed by atoms with Crippen LogP contribution in [-0.2, 0) is 5.41 Å². The van der Waals surface area contributed by atoms with Crippen molar-refractivity contribution in [2.75, 3.05) is 0 Å². The second-order valence-electron chi connectivity index (χ2n) is 14.5. The lowest BCUT2D eigenvalue weighted by Crippen LogP contribution is -2.28. The van der Waals surface area contributed by atoms with Gasteiger partial charge in [0.25, 0.3) is 0 Å². The predicted molar refractivity (Wildman–Crippen MR) is 234 cm³/mol. The summed E-state index contributed by atoms with van der Waals surface area (Å²) in [6.45, 7) is 0. The zero-order valence-electron chi connectivity index (χ0n) is 30.4. The van der Waals surface area contributed by atoms with Gasteiger partial charge in [0.15, 0.2) is 5.82 Å². The van der Waals surface area contributed by atoms with Crippen molar-refractivity contribution in [2.24, 2.45) is 0 Å². The highest BCUT2D eigenvalue weighted by atomic mass is 32.1. The molecule has 56 heavy (non-hydrogen) atoms. The molecule has 0 spiro atoms. The van der Waals surface area contributed by atoms with Crippen LogP contribution in [0.2, 0.25) is 0 Å². The molecule has 1 aliphatic carbocycles. The van der Waals surface area contributed by atoms with Gasteiger partial charge in [-0.15, -0.1) is 11.3 Å². The zero-order valence-corrected chi connectivity index (χ0v) is 31.2. The van der Waals surface area contributed by atoms with E-state index in [0.717, 1.165) is 28.1 Å². The molecule has 0 N–H and O–H groups in total. The van der Waals surface area contributed by atoms with E-state index in [0.29, 0.717) is 5.82 Å². The van der Waals surface area contributed by atoms with Gasteiger partial charge < -0.3 is 0 Å². The van der Waals surface area contributed by atoms with Crippen LogP contribution in [0.15, 0.2) is 206 Å². The Hall–Kier alpha value is -6.94. The number of fused-ring (bicyclic) bond motifs is 6. The molecule has 2 heterocycles. The molecule has 2 nitrogen and oxygen atoms in total. The maximum absolute atomic E-state index is 5.25. The summed E-state index contributed by atoms with van der Waals surface area (Å²) in [7, 11) is 0. The second-order valence-corrected chi connectivity index (χ2v) is 15.6. The number of nitrogens with zero attached hydrogens (tertiary/aromatic N) is 2. The maximum Gasteiger partial charge on any atom is 0.160 e. The molecule has 0 aliphatic heterocycles. The number of hydrogen-bond donors (Lipinski definition) is 0. The summed E-state index contributed by atoms with van der Waals surface area (Å²) >= 11 is 1.85.